The first-order chi connectivity index (χ1) is 12.6. The number of fused-ring (bicyclic) bond motifs is 1. The molecule has 1 aliphatic carbocycles. The average Bonchev–Trinajstić information content (AvgIpc) is 3.29. The molecule has 5 heteroatoms. The van der Waals surface area contributed by atoms with Crippen LogP contribution in [0.1, 0.15) is 41.7 Å². The maximum absolute atomic E-state index is 12.8. The molecule has 27 heavy (non-hydrogen) atoms. The Labute approximate surface area is 173 Å². The van der Waals surface area contributed by atoms with Gasteiger partial charge in [-0.25, -0.2) is 0 Å². The molecule has 4 rings (SSSR count). The minimum absolute atomic E-state index is 0. The summed E-state index contributed by atoms with van der Waals surface area (Å²) in [4.78, 5) is 25.2. The molecule has 0 saturated heterocycles. The first-order valence-corrected chi connectivity index (χ1v) is 9.08. The van der Waals surface area contributed by atoms with Gasteiger partial charge in [-0.05, 0) is 44.0 Å². The third-order valence-electron chi connectivity index (χ3n) is 5.12. The van der Waals surface area contributed by atoms with Gasteiger partial charge in [0.2, 0.25) is 5.91 Å². The van der Waals surface area contributed by atoms with Gasteiger partial charge in [0.05, 0.1) is 0 Å². The zero-order valence-corrected chi connectivity index (χ0v) is 18.1. The van der Waals surface area contributed by atoms with Crippen molar-refractivity contribution in [1.82, 2.24) is 4.57 Å². The summed E-state index contributed by atoms with van der Waals surface area (Å²) in [5.74, 6) is 0.140. The maximum atomic E-state index is 12.8. The van der Waals surface area contributed by atoms with Crippen molar-refractivity contribution < 1.29 is 30.7 Å². The molecule has 1 fully saturated rings. The first kappa shape index (κ1) is 19.6. The van der Waals surface area contributed by atoms with Gasteiger partial charge in [0.15, 0.2) is 5.91 Å². The third kappa shape index (κ3) is 3.91. The largest absolute Gasteiger partial charge is 0.327 e. The van der Waals surface area contributed by atoms with Gasteiger partial charge in [-0.15, -0.1) is 30.3 Å². The Morgan fingerprint density at radius 2 is 1.89 bits per heavy atom. The fourth-order valence-electron chi connectivity index (χ4n) is 3.78. The van der Waals surface area contributed by atoms with Crippen LogP contribution >= 0.6 is 0 Å². The summed E-state index contributed by atoms with van der Waals surface area (Å²) in [5, 5.41) is 3.97. The second-order valence-electron chi connectivity index (χ2n) is 6.95. The SMILES string of the molecule is Cc1cc2cc(NC(=O)C3CCCC3)ccc2n1C(=O)c1[c-]cccc1.[W]. The molecule has 0 radical (unpaired) electrons. The second-order valence-corrected chi connectivity index (χ2v) is 6.95. The number of carbonyl (C=O) groups is 2. The van der Waals surface area contributed by atoms with Gasteiger partial charge in [0, 0.05) is 49.3 Å². The number of anilines is 1. The summed E-state index contributed by atoms with van der Waals surface area (Å²) < 4.78 is 1.70. The quantitative estimate of drug-likeness (QED) is 0.506. The number of aryl methyl sites for hydroxylation is 1. The molecule has 1 amide bonds. The summed E-state index contributed by atoms with van der Waals surface area (Å²) in [7, 11) is 0. The monoisotopic (exact) mass is 529 g/mol. The number of hydrogen-bond donors (Lipinski definition) is 1. The number of nitrogens with one attached hydrogen (secondary N) is 1. The van der Waals surface area contributed by atoms with Gasteiger partial charge in [0.25, 0.3) is 0 Å². The molecular weight excluding hydrogens is 508 g/mol. The molecule has 1 saturated carbocycles. The number of aromatic nitrogens is 1. The van der Waals surface area contributed by atoms with E-state index in [1.165, 1.54) is 0 Å². The van der Waals surface area contributed by atoms with Crippen molar-refractivity contribution in [2.24, 2.45) is 5.92 Å². The maximum Gasteiger partial charge on any atom is 0.227 e. The Bertz CT molecular complexity index is 973. The molecule has 2 aromatic carbocycles. The molecule has 0 atom stereocenters. The molecule has 1 heterocycles. The summed E-state index contributed by atoms with van der Waals surface area (Å²) in [6.45, 7) is 1.91. The van der Waals surface area contributed by atoms with E-state index in [0.29, 0.717) is 5.56 Å². The minimum Gasteiger partial charge on any atom is -0.327 e. The summed E-state index contributed by atoms with van der Waals surface area (Å²) in [6, 6.07) is 17.9. The van der Waals surface area contributed by atoms with Crippen LogP contribution in [0.4, 0.5) is 5.69 Å². The molecule has 1 aliphatic rings. The Hall–Kier alpha value is -2.19. The Kier molecular flexibility index (Phi) is 5.96. The number of benzene rings is 2. The summed E-state index contributed by atoms with van der Waals surface area (Å²) in [5.41, 5.74) is 3.02. The van der Waals surface area contributed by atoms with E-state index in [9.17, 15) is 9.59 Å². The zero-order valence-electron chi connectivity index (χ0n) is 15.2. The number of hydrogen-bond acceptors (Lipinski definition) is 2. The van der Waals surface area contributed by atoms with Crippen LogP contribution in [0.5, 0.6) is 0 Å². The molecule has 3 aromatic rings. The van der Waals surface area contributed by atoms with Gasteiger partial charge >= 0.3 is 0 Å². The van der Waals surface area contributed by atoms with E-state index in [0.717, 1.165) is 48.0 Å². The van der Waals surface area contributed by atoms with Gasteiger partial charge in [0.1, 0.15) is 0 Å². The van der Waals surface area contributed by atoms with Crippen molar-refractivity contribution in [2.75, 3.05) is 5.32 Å². The minimum atomic E-state index is -0.0964. The van der Waals surface area contributed by atoms with Crippen molar-refractivity contribution in [3.8, 4) is 0 Å². The average molecular weight is 529 g/mol. The number of nitrogens with zero attached hydrogens (tertiary/aromatic N) is 1. The molecule has 1 N–H and O–H groups in total. The smallest absolute Gasteiger partial charge is 0.227 e. The van der Waals surface area contributed by atoms with Crippen LogP contribution in [0.3, 0.4) is 0 Å². The van der Waals surface area contributed by atoms with Crippen LogP contribution < -0.4 is 5.32 Å². The van der Waals surface area contributed by atoms with Crippen LogP contribution in [0.25, 0.3) is 10.9 Å². The normalized spacial score (nSPS) is 14.1. The Balaban J connectivity index is 0.00000210. The van der Waals surface area contributed by atoms with Gasteiger partial charge in [-0.1, -0.05) is 18.4 Å². The standard InChI is InChI=1S/C22H21N2O2.W/c1-15-13-18-14-19(23-21(25)16-7-5-6-8-16)11-12-20(18)24(15)22(26)17-9-3-2-4-10-17;/h2-4,9,11-14,16H,5-8H2,1H3,(H,23,25);/q-1;. The summed E-state index contributed by atoms with van der Waals surface area (Å²) >= 11 is 0. The van der Waals surface area contributed by atoms with Crippen LogP contribution in [-0.4, -0.2) is 16.4 Å². The Morgan fingerprint density at radius 3 is 2.59 bits per heavy atom. The van der Waals surface area contributed by atoms with E-state index >= 15 is 0 Å². The van der Waals surface area contributed by atoms with Gasteiger partial charge in [-0.2, -0.15) is 0 Å². The number of amides is 1. The van der Waals surface area contributed by atoms with Gasteiger partial charge < -0.3 is 14.7 Å². The Morgan fingerprint density at radius 1 is 1.11 bits per heavy atom. The summed E-state index contributed by atoms with van der Waals surface area (Å²) in [6.07, 6.45) is 4.23. The van der Waals surface area contributed by atoms with Crippen LogP contribution in [0, 0.1) is 18.9 Å². The molecule has 0 aliphatic heterocycles. The van der Waals surface area contributed by atoms with E-state index < -0.39 is 0 Å². The predicted molar refractivity (Wildman–Crippen MR) is 102 cm³/mol. The van der Waals surface area contributed by atoms with E-state index in [1.807, 2.05) is 43.3 Å². The van der Waals surface area contributed by atoms with Crippen molar-refractivity contribution >= 4 is 28.4 Å². The van der Waals surface area contributed by atoms with Crippen molar-refractivity contribution in [1.29, 1.82) is 0 Å². The zero-order chi connectivity index (χ0) is 18.1. The van der Waals surface area contributed by atoms with Gasteiger partial charge in [-0.3, -0.25) is 4.79 Å². The molecular formula is C22H21N2O2W-. The predicted octanol–water partition coefficient (Wildman–Crippen LogP) is 4.56. The van der Waals surface area contributed by atoms with Crippen molar-refractivity contribution in [2.45, 2.75) is 32.6 Å². The molecule has 0 unspecified atom stereocenters. The molecule has 1 aromatic heterocycles. The van der Waals surface area contributed by atoms with Crippen LogP contribution in [-0.2, 0) is 25.9 Å². The van der Waals surface area contributed by atoms with E-state index in [4.69, 9.17) is 0 Å². The molecule has 0 spiro atoms. The molecule has 138 valence electrons. The van der Waals surface area contributed by atoms with E-state index in [-0.39, 0.29) is 38.8 Å². The van der Waals surface area contributed by atoms with E-state index in [1.54, 1.807) is 16.7 Å². The fraction of sp³-hybridized carbons (Fsp3) is 0.273. The van der Waals surface area contributed by atoms with Crippen molar-refractivity contribution in [3.63, 3.8) is 0 Å². The number of carbonyl (C=O) groups excluding carboxylic acids is 2. The molecule has 4 nitrogen and oxygen atoms in total. The fourth-order valence-corrected chi connectivity index (χ4v) is 3.78. The van der Waals surface area contributed by atoms with Crippen LogP contribution in [0.15, 0.2) is 48.5 Å². The topological polar surface area (TPSA) is 51.1 Å². The first-order valence-electron chi connectivity index (χ1n) is 9.08. The van der Waals surface area contributed by atoms with Crippen molar-refractivity contribution in [3.05, 3.63) is 65.9 Å². The number of rotatable bonds is 3. The third-order valence-corrected chi connectivity index (χ3v) is 5.12. The second kappa shape index (κ2) is 8.22. The van der Waals surface area contributed by atoms with Crippen LogP contribution in [0.2, 0.25) is 0 Å². The molecule has 0 bridgehead atoms. The van der Waals surface area contributed by atoms with E-state index in [2.05, 4.69) is 11.4 Å².